The molecule has 1 unspecified atom stereocenters. The quantitative estimate of drug-likeness (QED) is 0.391. The summed E-state index contributed by atoms with van der Waals surface area (Å²) in [4.78, 5) is 17.6. The smallest absolute Gasteiger partial charge is 0.327 e. The van der Waals surface area contributed by atoms with Crippen LogP contribution < -0.4 is 10.1 Å². The summed E-state index contributed by atoms with van der Waals surface area (Å²) in [5.41, 5.74) is 1.25. The Morgan fingerprint density at radius 2 is 2.04 bits per heavy atom. The van der Waals surface area contributed by atoms with Crippen molar-refractivity contribution in [1.82, 2.24) is 5.32 Å². The SMILES string of the molecule is CCCCCCCc1ccc(OC2CN[C@@H](COP(O)O)C2)c(Cl)c1. The van der Waals surface area contributed by atoms with Crippen LogP contribution in [-0.4, -0.2) is 35.1 Å². The average molecular weight is 390 g/mol. The van der Waals surface area contributed by atoms with Gasteiger partial charge in [-0.25, -0.2) is 0 Å². The molecule has 0 aromatic heterocycles. The number of benzene rings is 1. The van der Waals surface area contributed by atoms with Gasteiger partial charge in [-0.15, -0.1) is 0 Å². The highest BCUT2D eigenvalue weighted by Crippen LogP contribution is 2.29. The van der Waals surface area contributed by atoms with E-state index in [0.29, 0.717) is 17.3 Å². The van der Waals surface area contributed by atoms with Gasteiger partial charge in [-0.1, -0.05) is 50.3 Å². The first kappa shape index (κ1) is 20.9. The van der Waals surface area contributed by atoms with Crippen LogP contribution in [-0.2, 0) is 10.9 Å². The predicted octanol–water partition coefficient (Wildman–Crippen LogP) is 4.19. The highest BCUT2D eigenvalue weighted by Gasteiger charge is 2.26. The Kier molecular flexibility index (Phi) is 9.46. The van der Waals surface area contributed by atoms with Gasteiger partial charge in [-0.2, -0.15) is 0 Å². The van der Waals surface area contributed by atoms with Crippen molar-refractivity contribution in [3.63, 3.8) is 0 Å². The number of nitrogens with one attached hydrogen (secondary N) is 1. The second-order valence-electron chi connectivity index (χ2n) is 6.56. The maximum Gasteiger partial charge on any atom is 0.327 e. The number of ether oxygens (including phenoxy) is 1. The summed E-state index contributed by atoms with van der Waals surface area (Å²) < 4.78 is 10.8. The molecule has 0 saturated carbocycles. The Balaban J connectivity index is 1.75. The summed E-state index contributed by atoms with van der Waals surface area (Å²) in [6.45, 7) is 3.19. The Morgan fingerprint density at radius 3 is 2.76 bits per heavy atom. The highest BCUT2D eigenvalue weighted by atomic mass is 35.5. The van der Waals surface area contributed by atoms with Crippen molar-refractivity contribution in [3.05, 3.63) is 28.8 Å². The fraction of sp³-hybridized carbons (Fsp3) is 0.667. The lowest BCUT2D eigenvalue weighted by Gasteiger charge is -2.15. The van der Waals surface area contributed by atoms with Crippen LogP contribution in [0.2, 0.25) is 5.02 Å². The molecule has 25 heavy (non-hydrogen) atoms. The second-order valence-corrected chi connectivity index (χ2v) is 7.73. The van der Waals surface area contributed by atoms with Crippen LogP contribution >= 0.6 is 20.2 Å². The summed E-state index contributed by atoms with van der Waals surface area (Å²) in [5.74, 6) is 0.705. The van der Waals surface area contributed by atoms with E-state index in [9.17, 15) is 0 Å². The molecular weight excluding hydrogens is 361 g/mol. The molecular formula is C18H29ClNO4P. The summed E-state index contributed by atoms with van der Waals surface area (Å²) >= 11 is 6.38. The van der Waals surface area contributed by atoms with E-state index in [1.54, 1.807) is 0 Å². The standard InChI is InChI=1S/C18H29ClNO4P/c1-2-3-4-5-6-7-14-8-9-18(17(19)10-14)24-16-11-15(20-12-16)13-23-25(21)22/h8-10,15-16,20-22H,2-7,11-13H2,1H3/t15-,16?/m1/s1. The van der Waals surface area contributed by atoms with Crippen LogP contribution in [0.4, 0.5) is 0 Å². The van der Waals surface area contributed by atoms with Gasteiger partial charge in [-0.05, 0) is 30.5 Å². The Labute approximate surface area is 156 Å². The minimum atomic E-state index is -2.30. The molecule has 1 aromatic carbocycles. The second kappa shape index (κ2) is 11.3. The zero-order valence-corrected chi connectivity index (χ0v) is 16.4. The topological polar surface area (TPSA) is 71.0 Å². The van der Waals surface area contributed by atoms with Gasteiger partial charge >= 0.3 is 8.60 Å². The van der Waals surface area contributed by atoms with E-state index in [1.165, 1.54) is 37.7 Å². The molecule has 0 radical (unpaired) electrons. The van der Waals surface area contributed by atoms with E-state index in [1.807, 2.05) is 12.1 Å². The van der Waals surface area contributed by atoms with Crippen LogP contribution in [0.3, 0.4) is 0 Å². The first-order valence-corrected chi connectivity index (χ1v) is 10.6. The normalized spacial score (nSPS) is 20.4. The maximum atomic E-state index is 8.80. The zero-order chi connectivity index (χ0) is 18.1. The lowest BCUT2D eigenvalue weighted by Crippen LogP contribution is -2.26. The van der Waals surface area contributed by atoms with E-state index >= 15 is 0 Å². The van der Waals surface area contributed by atoms with Crippen molar-refractivity contribution in [2.24, 2.45) is 0 Å². The van der Waals surface area contributed by atoms with Crippen molar-refractivity contribution >= 4 is 20.2 Å². The van der Waals surface area contributed by atoms with Gasteiger partial charge in [0.25, 0.3) is 0 Å². The van der Waals surface area contributed by atoms with E-state index in [-0.39, 0.29) is 18.8 Å². The first-order chi connectivity index (χ1) is 12.1. The molecule has 0 bridgehead atoms. The Bertz CT molecular complexity index is 518. The third-order valence-electron chi connectivity index (χ3n) is 4.43. The fourth-order valence-corrected chi connectivity index (χ4v) is 3.62. The predicted molar refractivity (Wildman–Crippen MR) is 102 cm³/mol. The fourth-order valence-electron chi connectivity index (χ4n) is 3.06. The molecule has 142 valence electrons. The van der Waals surface area contributed by atoms with Gasteiger partial charge in [0.05, 0.1) is 11.6 Å². The van der Waals surface area contributed by atoms with Gasteiger partial charge in [0.2, 0.25) is 0 Å². The third kappa shape index (κ3) is 7.78. The molecule has 5 nitrogen and oxygen atoms in total. The number of rotatable bonds is 11. The molecule has 1 aliphatic rings. The first-order valence-electron chi connectivity index (χ1n) is 9.07. The van der Waals surface area contributed by atoms with Crippen LogP contribution in [0.15, 0.2) is 18.2 Å². The van der Waals surface area contributed by atoms with Gasteiger partial charge in [0.1, 0.15) is 11.9 Å². The van der Waals surface area contributed by atoms with Crippen molar-refractivity contribution in [3.8, 4) is 5.75 Å². The molecule has 1 fully saturated rings. The van der Waals surface area contributed by atoms with E-state index in [0.717, 1.165) is 12.8 Å². The number of hydrogen-bond acceptors (Lipinski definition) is 5. The molecule has 7 heteroatoms. The Hall–Kier alpha value is -0.420. The van der Waals surface area contributed by atoms with Crippen molar-refractivity contribution < 1.29 is 19.0 Å². The third-order valence-corrected chi connectivity index (χ3v) is 5.11. The lowest BCUT2D eigenvalue weighted by atomic mass is 10.1. The number of halogens is 1. The monoisotopic (exact) mass is 389 g/mol. The highest BCUT2D eigenvalue weighted by molar-refractivity contribution is 7.39. The van der Waals surface area contributed by atoms with Crippen molar-refractivity contribution in [2.45, 2.75) is 64.0 Å². The van der Waals surface area contributed by atoms with Crippen LogP contribution in [0.25, 0.3) is 0 Å². The van der Waals surface area contributed by atoms with Crippen molar-refractivity contribution in [2.75, 3.05) is 13.2 Å². The van der Waals surface area contributed by atoms with Crippen LogP contribution in [0, 0.1) is 0 Å². The summed E-state index contributed by atoms with van der Waals surface area (Å²) in [5, 5.41) is 3.91. The van der Waals surface area contributed by atoms with Gasteiger partial charge < -0.3 is 24.4 Å². The molecule has 1 aliphatic heterocycles. The molecule has 0 aliphatic carbocycles. The summed E-state index contributed by atoms with van der Waals surface area (Å²) in [6, 6.07) is 6.11. The van der Waals surface area contributed by atoms with E-state index < -0.39 is 8.60 Å². The molecule has 1 aromatic rings. The van der Waals surface area contributed by atoms with E-state index in [2.05, 4.69) is 18.3 Å². The molecule has 3 N–H and O–H groups in total. The minimum Gasteiger partial charge on any atom is -0.487 e. The summed E-state index contributed by atoms with van der Waals surface area (Å²) in [6.07, 6.45) is 8.16. The molecule has 1 saturated heterocycles. The number of hydrogen-bond donors (Lipinski definition) is 3. The van der Waals surface area contributed by atoms with Gasteiger partial charge in [0.15, 0.2) is 0 Å². The largest absolute Gasteiger partial charge is 0.487 e. The van der Waals surface area contributed by atoms with E-state index in [4.69, 9.17) is 30.6 Å². The number of unbranched alkanes of at least 4 members (excludes halogenated alkanes) is 4. The van der Waals surface area contributed by atoms with Gasteiger partial charge in [0, 0.05) is 19.0 Å². The average Bonchev–Trinajstić information content (AvgIpc) is 3.03. The molecule has 2 atom stereocenters. The number of aryl methyl sites for hydroxylation is 1. The Morgan fingerprint density at radius 1 is 1.24 bits per heavy atom. The van der Waals surface area contributed by atoms with Crippen LogP contribution in [0.5, 0.6) is 5.75 Å². The maximum absolute atomic E-state index is 8.80. The zero-order valence-electron chi connectivity index (χ0n) is 14.8. The van der Waals surface area contributed by atoms with Crippen molar-refractivity contribution in [1.29, 1.82) is 0 Å². The van der Waals surface area contributed by atoms with Crippen LogP contribution in [0.1, 0.15) is 51.0 Å². The molecule has 1 heterocycles. The summed E-state index contributed by atoms with van der Waals surface area (Å²) in [7, 11) is -2.30. The lowest BCUT2D eigenvalue weighted by molar-refractivity contribution is 0.202. The molecule has 2 rings (SSSR count). The molecule has 0 spiro atoms. The minimum absolute atomic E-state index is 0.00890. The molecule has 0 amide bonds. The van der Waals surface area contributed by atoms with Gasteiger partial charge in [-0.3, -0.25) is 0 Å².